The third-order valence-corrected chi connectivity index (χ3v) is 4.02. The van der Waals surface area contributed by atoms with Gasteiger partial charge in [0.05, 0.1) is 0 Å². The standard InChI is InChI=1S/C11H14IN4O2/c1-6(17)13-11-10-7(15-16-11)4-9(12-2)14-8(10)5-18-3/h4H,5H2,1-3H3,(H2,13,15,16,17)/q-1. The molecule has 0 saturated heterocycles. The van der Waals surface area contributed by atoms with Gasteiger partial charge in [-0.05, 0) is 0 Å². The zero-order valence-electron chi connectivity index (χ0n) is 10.4. The molecule has 0 spiro atoms. The van der Waals surface area contributed by atoms with Crippen LogP contribution in [0.4, 0.5) is 5.82 Å². The molecule has 0 radical (unpaired) electrons. The molecule has 7 heteroatoms. The Morgan fingerprint density at radius 3 is 3.00 bits per heavy atom. The van der Waals surface area contributed by atoms with E-state index in [1.165, 1.54) is 6.92 Å². The maximum atomic E-state index is 11.1. The summed E-state index contributed by atoms with van der Waals surface area (Å²) in [6.07, 6.45) is 0. The molecule has 0 bridgehead atoms. The van der Waals surface area contributed by atoms with E-state index in [0.717, 1.165) is 20.3 Å². The monoisotopic (exact) mass is 361 g/mol. The van der Waals surface area contributed by atoms with E-state index in [0.29, 0.717) is 12.4 Å². The summed E-state index contributed by atoms with van der Waals surface area (Å²) in [7, 11) is 1.62. The average Bonchev–Trinajstić information content (AvgIpc) is 2.72. The summed E-state index contributed by atoms with van der Waals surface area (Å²) in [5.74, 6) is 0.358. The van der Waals surface area contributed by atoms with Gasteiger partial charge in [-0.1, -0.05) is 0 Å². The van der Waals surface area contributed by atoms with Crippen LogP contribution >= 0.6 is 0 Å². The number of pyridine rings is 1. The molecule has 2 heterocycles. The van der Waals surface area contributed by atoms with Crippen LogP contribution in [0.2, 0.25) is 0 Å². The topological polar surface area (TPSA) is 79.9 Å². The number of carbonyl (C=O) groups is 1. The number of amides is 1. The zero-order valence-corrected chi connectivity index (χ0v) is 12.5. The van der Waals surface area contributed by atoms with Crippen LogP contribution in [0.3, 0.4) is 0 Å². The minimum atomic E-state index is -0.154. The number of hydrogen-bond donors (Lipinski definition) is 2. The Morgan fingerprint density at radius 2 is 2.39 bits per heavy atom. The first kappa shape index (κ1) is 13.2. The molecule has 0 aliphatic carbocycles. The average molecular weight is 361 g/mol. The van der Waals surface area contributed by atoms with E-state index in [1.54, 1.807) is 7.11 Å². The molecular weight excluding hydrogens is 347 g/mol. The number of rotatable bonds is 4. The van der Waals surface area contributed by atoms with E-state index >= 15 is 0 Å². The van der Waals surface area contributed by atoms with Crippen LogP contribution in [-0.4, -0.2) is 33.1 Å². The van der Waals surface area contributed by atoms with Gasteiger partial charge in [-0.25, -0.2) is 0 Å². The molecule has 98 valence electrons. The summed E-state index contributed by atoms with van der Waals surface area (Å²) in [5.41, 5.74) is 1.70. The second-order valence-corrected chi connectivity index (χ2v) is 5.87. The number of nitrogens with zero attached hydrogens (tertiary/aromatic N) is 2. The van der Waals surface area contributed by atoms with Gasteiger partial charge in [0.15, 0.2) is 0 Å². The van der Waals surface area contributed by atoms with Crippen molar-refractivity contribution in [1.29, 1.82) is 0 Å². The Morgan fingerprint density at radius 1 is 1.61 bits per heavy atom. The molecule has 0 aliphatic rings. The van der Waals surface area contributed by atoms with Crippen molar-refractivity contribution in [3.05, 3.63) is 15.5 Å². The third-order valence-electron chi connectivity index (χ3n) is 2.36. The van der Waals surface area contributed by atoms with Crippen molar-refractivity contribution in [2.24, 2.45) is 0 Å². The van der Waals surface area contributed by atoms with Crippen LogP contribution in [-0.2, 0) is 16.1 Å². The predicted molar refractivity (Wildman–Crippen MR) is 63.5 cm³/mol. The first-order chi connectivity index (χ1) is 8.65. The molecule has 0 fully saturated rings. The summed E-state index contributed by atoms with van der Waals surface area (Å²) in [4.78, 5) is 17.8. The van der Waals surface area contributed by atoms with Crippen LogP contribution in [0, 0.1) is 3.70 Å². The first-order valence-electron chi connectivity index (χ1n) is 5.29. The Kier molecular flexibility index (Phi) is 4.12. The molecule has 0 aliphatic heterocycles. The number of aromatic nitrogens is 3. The fourth-order valence-electron chi connectivity index (χ4n) is 1.68. The van der Waals surface area contributed by atoms with Crippen LogP contribution in [0.5, 0.6) is 0 Å². The van der Waals surface area contributed by atoms with E-state index in [-0.39, 0.29) is 27.1 Å². The molecule has 0 atom stereocenters. The second-order valence-electron chi connectivity index (χ2n) is 3.69. The number of H-pyrrole nitrogens is 1. The van der Waals surface area contributed by atoms with Gasteiger partial charge in [0.2, 0.25) is 0 Å². The Bertz CT molecular complexity index is 582. The molecule has 0 aromatic carbocycles. The van der Waals surface area contributed by atoms with Crippen molar-refractivity contribution >= 4 is 22.6 Å². The summed E-state index contributed by atoms with van der Waals surface area (Å²) < 4.78 is 6.24. The molecule has 2 aromatic heterocycles. The predicted octanol–water partition coefficient (Wildman–Crippen LogP) is -2.05. The van der Waals surface area contributed by atoms with Crippen molar-refractivity contribution in [3.63, 3.8) is 0 Å². The maximum absolute atomic E-state index is 11.1. The van der Waals surface area contributed by atoms with Crippen molar-refractivity contribution in [2.75, 3.05) is 17.4 Å². The third kappa shape index (κ3) is 2.61. The van der Waals surface area contributed by atoms with E-state index in [1.807, 2.05) is 6.07 Å². The molecule has 6 nitrogen and oxygen atoms in total. The van der Waals surface area contributed by atoms with Gasteiger partial charge in [0, 0.05) is 0 Å². The Hall–Kier alpha value is -1.22. The van der Waals surface area contributed by atoms with Crippen molar-refractivity contribution in [2.45, 2.75) is 13.5 Å². The number of aromatic amines is 1. The first-order valence-corrected chi connectivity index (χ1v) is 8.53. The van der Waals surface area contributed by atoms with E-state index in [4.69, 9.17) is 4.74 Å². The van der Waals surface area contributed by atoms with E-state index in [9.17, 15) is 4.79 Å². The number of fused-ring (bicyclic) bond motifs is 1. The number of ether oxygens (including phenoxy) is 1. The molecule has 18 heavy (non-hydrogen) atoms. The van der Waals surface area contributed by atoms with Crippen LogP contribution in [0.25, 0.3) is 10.9 Å². The number of methoxy groups -OCH3 is 1. The van der Waals surface area contributed by atoms with Crippen LogP contribution in [0.15, 0.2) is 6.07 Å². The van der Waals surface area contributed by atoms with Gasteiger partial charge in [-0.15, -0.1) is 0 Å². The number of carbonyl (C=O) groups excluding carboxylic acids is 1. The molecular formula is C11H14IN4O2-. The molecule has 2 N–H and O–H groups in total. The van der Waals surface area contributed by atoms with Gasteiger partial charge in [-0.2, -0.15) is 0 Å². The number of hydrogen-bond acceptors (Lipinski definition) is 4. The van der Waals surface area contributed by atoms with E-state index < -0.39 is 0 Å². The fraction of sp³-hybridized carbons (Fsp3) is 0.364. The van der Waals surface area contributed by atoms with Crippen LogP contribution in [0.1, 0.15) is 12.6 Å². The van der Waals surface area contributed by atoms with Gasteiger partial charge in [0.1, 0.15) is 0 Å². The summed E-state index contributed by atoms with van der Waals surface area (Å²) in [6, 6.07) is 1.99. The Labute approximate surface area is 115 Å². The van der Waals surface area contributed by atoms with E-state index in [2.05, 4.69) is 25.4 Å². The van der Waals surface area contributed by atoms with Gasteiger partial charge in [-0.3, -0.25) is 0 Å². The SMILES string of the molecule is COCc1nc([I-]C)cc2[nH]nc(NC(C)=O)c12. The summed E-state index contributed by atoms with van der Waals surface area (Å²) in [5, 5.41) is 10.6. The number of nitrogens with one attached hydrogen (secondary N) is 2. The minimum absolute atomic E-state index is 0.103. The second kappa shape index (κ2) is 5.61. The fourth-order valence-corrected chi connectivity index (χ4v) is 2.84. The molecule has 0 saturated carbocycles. The summed E-state index contributed by atoms with van der Waals surface area (Å²) in [6.45, 7) is 1.86. The van der Waals surface area contributed by atoms with Gasteiger partial charge < -0.3 is 0 Å². The molecule has 0 unspecified atom stereocenters. The number of anilines is 1. The normalized spacial score (nSPS) is 11.1. The summed E-state index contributed by atoms with van der Waals surface area (Å²) >= 11 is -0.103. The molecule has 1 amide bonds. The quantitative estimate of drug-likeness (QED) is 0.373. The molecule has 2 rings (SSSR count). The van der Waals surface area contributed by atoms with Crippen molar-refractivity contribution < 1.29 is 30.7 Å². The zero-order chi connectivity index (χ0) is 13.1. The van der Waals surface area contributed by atoms with Gasteiger partial charge in [0.25, 0.3) is 0 Å². The number of halogens is 1. The van der Waals surface area contributed by atoms with Crippen molar-refractivity contribution in [1.82, 2.24) is 15.2 Å². The Balaban J connectivity index is 2.58. The van der Waals surface area contributed by atoms with Crippen LogP contribution < -0.4 is 26.5 Å². The number of alkyl halides is 1. The van der Waals surface area contributed by atoms with Crippen molar-refractivity contribution in [3.8, 4) is 0 Å². The van der Waals surface area contributed by atoms with Gasteiger partial charge >= 0.3 is 115 Å². The molecule has 2 aromatic rings.